The van der Waals surface area contributed by atoms with E-state index in [1.54, 1.807) is 24.3 Å². The molecule has 40 heavy (non-hydrogen) atoms. The van der Waals surface area contributed by atoms with E-state index in [1.165, 1.54) is 36.2 Å². The van der Waals surface area contributed by atoms with Crippen LogP contribution < -0.4 is 4.74 Å². The molecule has 0 aliphatic carbocycles. The second-order valence-electron chi connectivity index (χ2n) is 8.39. The zero-order chi connectivity index (χ0) is 29.1. The van der Waals surface area contributed by atoms with E-state index in [0.717, 1.165) is 37.6 Å². The maximum absolute atomic E-state index is 12.1. The van der Waals surface area contributed by atoms with Crippen molar-refractivity contribution in [2.75, 3.05) is 7.11 Å². The van der Waals surface area contributed by atoms with Crippen LogP contribution in [-0.2, 0) is 8.23 Å². The predicted octanol–water partition coefficient (Wildman–Crippen LogP) is 1.35. The van der Waals surface area contributed by atoms with Gasteiger partial charge < -0.3 is 28.3 Å². The minimum Gasteiger partial charge on any atom is -0.507 e. The third-order valence-electron chi connectivity index (χ3n) is 5.47. The van der Waals surface area contributed by atoms with Gasteiger partial charge in [-0.1, -0.05) is 30.3 Å². The molecule has 0 bridgehead atoms. The number of carbonyl (C=O) groups is 1. The van der Waals surface area contributed by atoms with Crippen LogP contribution in [0.4, 0.5) is 0 Å². The van der Waals surface area contributed by atoms with Gasteiger partial charge in [0.05, 0.1) is 18.2 Å². The largest absolute Gasteiger partial charge is 0.507 e. The molecule has 1 heterocycles. The van der Waals surface area contributed by atoms with E-state index in [-0.39, 0.29) is 28.4 Å². The number of methoxy groups -OCH3 is 1. The van der Waals surface area contributed by atoms with Gasteiger partial charge in [0.15, 0.2) is 5.78 Å². The van der Waals surface area contributed by atoms with Crippen LogP contribution in [0.1, 0.15) is 21.5 Å². The summed E-state index contributed by atoms with van der Waals surface area (Å²) in [7, 11) is 2.74. The molecule has 0 unspecified atom stereocenters. The lowest BCUT2D eigenvalue weighted by atomic mass is 10.0. The van der Waals surface area contributed by atoms with E-state index in [9.17, 15) is 20.1 Å². The van der Waals surface area contributed by atoms with Crippen LogP contribution in [0.25, 0.3) is 16.7 Å². The van der Waals surface area contributed by atoms with Gasteiger partial charge in [0.1, 0.15) is 60.7 Å². The first-order valence-electron chi connectivity index (χ1n) is 12.1. The molecule has 4 aromatic carbocycles. The monoisotopic (exact) mass is 593 g/mol. The van der Waals surface area contributed by atoms with Gasteiger partial charge in [-0.25, -0.2) is 0 Å². The molecule has 0 spiro atoms. The summed E-state index contributed by atoms with van der Waals surface area (Å²) in [6, 6.07) is 23.6. The molecule has 5 aromatic rings. The highest BCUT2D eigenvalue weighted by Crippen LogP contribution is 2.28. The van der Waals surface area contributed by atoms with Crippen LogP contribution in [0, 0.1) is 6.92 Å². The molecule has 0 saturated carbocycles. The highest BCUT2D eigenvalue weighted by atomic mass is 28.3. The summed E-state index contributed by atoms with van der Waals surface area (Å²) in [6.45, 7) is 1.96. The number of nitrogens with zero attached hydrogens (tertiary/aromatic N) is 3. The van der Waals surface area contributed by atoms with E-state index in [4.69, 9.17) is 13.0 Å². The van der Waals surface area contributed by atoms with Gasteiger partial charge in [-0.2, -0.15) is 0 Å². The standard InChI is InChI=1S/C14H12O4.C13H11N3O.H8O2Si3/c1-18-9-6-7-11(13(16)8-9)14(17)10-4-2-3-5-12(10)15;1-9-6-7-13(17)12(8-9)16-14-10-4-2-3-5-11(10)15-16;3-1-5-2-4/h2-8,15-16H,1H3;2-8,17H,1H3;5H2,3-4H3. The van der Waals surface area contributed by atoms with E-state index >= 15 is 0 Å². The van der Waals surface area contributed by atoms with E-state index in [1.807, 2.05) is 43.3 Å². The number of para-hydroxylation sites is 1. The fourth-order valence-corrected chi connectivity index (χ4v) is 6.58. The topological polar surface area (TPSA) is 136 Å². The van der Waals surface area contributed by atoms with Gasteiger partial charge in [0, 0.05) is 6.07 Å². The summed E-state index contributed by atoms with van der Waals surface area (Å²) in [5, 5.41) is 37.8. The first kappa shape index (κ1) is 30.3. The Morgan fingerprint density at radius 1 is 0.775 bits per heavy atom. The van der Waals surface area contributed by atoms with Gasteiger partial charge in [-0.3, -0.25) is 4.79 Å². The summed E-state index contributed by atoms with van der Waals surface area (Å²) in [5.41, 5.74) is 3.55. The van der Waals surface area contributed by atoms with E-state index < -0.39 is 15.8 Å². The molecule has 1 aromatic heterocycles. The van der Waals surface area contributed by atoms with Crippen molar-refractivity contribution in [3.05, 3.63) is 102 Å². The van der Waals surface area contributed by atoms with Crippen molar-refractivity contribution in [1.29, 1.82) is 0 Å². The van der Waals surface area contributed by atoms with Crippen molar-refractivity contribution in [2.24, 2.45) is 0 Å². The van der Waals surface area contributed by atoms with Gasteiger partial charge in [-0.05, 0) is 61.0 Å². The lowest BCUT2D eigenvalue weighted by molar-refractivity contribution is 0.103. The summed E-state index contributed by atoms with van der Waals surface area (Å²) in [5.74, 6) is -0.0918. The number of aromatic nitrogens is 3. The SMILES string of the molecule is COc1ccc(C(=O)c2ccccc2O)c(O)c1.Cc1ccc(O)c(-n2nc3ccccc3n2)c1.[SiH3]O[SiH2]O[SiH3]. The average molecular weight is 594 g/mol. The molecule has 0 saturated heterocycles. The molecule has 3 N–H and O–H groups in total. The van der Waals surface area contributed by atoms with Gasteiger partial charge in [0.25, 0.3) is 10.0 Å². The smallest absolute Gasteiger partial charge is 0.282 e. The minimum atomic E-state index is -0.444. The number of rotatable bonds is 6. The molecule has 0 radical (unpaired) electrons. The first-order chi connectivity index (χ1) is 19.3. The maximum atomic E-state index is 12.1. The number of ether oxygens (including phenoxy) is 1. The normalized spacial score (nSPS) is 10.7. The zero-order valence-electron chi connectivity index (χ0n) is 22.6. The molecule has 0 aliphatic rings. The fourth-order valence-electron chi connectivity index (χ4n) is 3.52. The summed E-state index contributed by atoms with van der Waals surface area (Å²) in [6.07, 6.45) is 0. The number of ketones is 1. The van der Waals surface area contributed by atoms with Crippen molar-refractivity contribution in [2.45, 2.75) is 6.92 Å². The summed E-state index contributed by atoms with van der Waals surface area (Å²) < 4.78 is 14.5. The first-order valence-corrected chi connectivity index (χ1v) is 14.9. The number of benzene rings is 4. The molecule has 13 heteroatoms. The Kier molecular flexibility index (Phi) is 11.2. The maximum Gasteiger partial charge on any atom is 0.282 e. The molecule has 0 fully saturated rings. The number of aromatic hydroxyl groups is 3. The third-order valence-corrected chi connectivity index (χ3v) is 7.35. The Hall–Kier alpha value is -4.28. The Labute approximate surface area is 239 Å². The number of hydrogen-bond acceptors (Lipinski definition) is 9. The van der Waals surface area contributed by atoms with Crippen LogP contribution in [-0.4, -0.2) is 74.2 Å². The van der Waals surface area contributed by atoms with Crippen molar-refractivity contribution < 1.29 is 33.1 Å². The van der Waals surface area contributed by atoms with Crippen LogP contribution in [0.5, 0.6) is 23.0 Å². The van der Waals surface area contributed by atoms with Crippen LogP contribution >= 0.6 is 0 Å². The molecular weight excluding hydrogens is 563 g/mol. The second-order valence-corrected chi connectivity index (χ2v) is 13.2. The number of aryl methyl sites for hydroxylation is 1. The van der Waals surface area contributed by atoms with Crippen LogP contribution in [0.3, 0.4) is 0 Å². The minimum absolute atomic E-state index is 0.113. The molecule has 208 valence electrons. The van der Waals surface area contributed by atoms with Crippen molar-refractivity contribution in [1.82, 2.24) is 15.0 Å². The lowest BCUT2D eigenvalue weighted by Crippen LogP contribution is -2.02. The fraction of sp³-hybridized carbons (Fsp3) is 0.0741. The zero-order valence-corrected chi connectivity index (χ0v) is 28.0. The Balaban J connectivity index is 0.000000189. The average Bonchev–Trinajstić information content (AvgIpc) is 3.39. The number of hydrogen-bond donors (Lipinski definition) is 3. The van der Waals surface area contributed by atoms with E-state index in [2.05, 4.69) is 10.2 Å². The van der Waals surface area contributed by atoms with Gasteiger partial charge >= 0.3 is 0 Å². The van der Waals surface area contributed by atoms with Crippen LogP contribution in [0.2, 0.25) is 0 Å². The summed E-state index contributed by atoms with van der Waals surface area (Å²) in [4.78, 5) is 13.6. The Bertz CT molecular complexity index is 1550. The highest BCUT2D eigenvalue weighted by Gasteiger charge is 2.17. The molecule has 0 aliphatic heterocycles. The molecule has 0 amide bonds. The quantitative estimate of drug-likeness (QED) is 0.197. The number of carbonyl (C=O) groups excluding carboxylic acids is 1. The van der Waals surface area contributed by atoms with Crippen molar-refractivity contribution >= 4 is 47.8 Å². The Morgan fingerprint density at radius 2 is 1.38 bits per heavy atom. The molecule has 0 atom stereocenters. The molecule has 5 rings (SSSR count). The van der Waals surface area contributed by atoms with Crippen molar-refractivity contribution in [3.8, 4) is 28.7 Å². The number of phenolic OH excluding ortho intramolecular Hbond substituents is 3. The van der Waals surface area contributed by atoms with Crippen LogP contribution in [0.15, 0.2) is 84.9 Å². The molecular formula is C27H31N3O7Si3. The van der Waals surface area contributed by atoms with E-state index in [0.29, 0.717) is 11.4 Å². The predicted molar refractivity (Wildman–Crippen MR) is 162 cm³/mol. The van der Waals surface area contributed by atoms with Crippen molar-refractivity contribution in [3.63, 3.8) is 0 Å². The van der Waals surface area contributed by atoms with Gasteiger partial charge in [0.2, 0.25) is 0 Å². The summed E-state index contributed by atoms with van der Waals surface area (Å²) >= 11 is 0. The Morgan fingerprint density at radius 3 is 1.93 bits per heavy atom. The highest BCUT2D eigenvalue weighted by molar-refractivity contribution is 6.33. The van der Waals surface area contributed by atoms with Gasteiger partial charge in [-0.15, -0.1) is 15.0 Å². The number of phenols is 3. The third kappa shape index (κ3) is 7.87. The lowest BCUT2D eigenvalue weighted by Gasteiger charge is -2.07. The number of fused-ring (bicyclic) bond motifs is 1. The molecule has 10 nitrogen and oxygen atoms in total. The second kappa shape index (κ2) is 14.8.